The molecule has 0 saturated heterocycles. The van der Waals surface area contributed by atoms with Gasteiger partial charge in [-0.1, -0.05) is 50.5 Å². The van der Waals surface area contributed by atoms with Crippen LogP contribution in [0.1, 0.15) is 67.7 Å². The van der Waals surface area contributed by atoms with Gasteiger partial charge in [0.05, 0.1) is 0 Å². The van der Waals surface area contributed by atoms with Crippen molar-refractivity contribution in [1.29, 1.82) is 0 Å². The van der Waals surface area contributed by atoms with Crippen LogP contribution in [0.5, 0.6) is 0 Å². The van der Waals surface area contributed by atoms with E-state index in [9.17, 15) is 0 Å². The van der Waals surface area contributed by atoms with Crippen molar-refractivity contribution in [2.24, 2.45) is 10.8 Å². The quantitative estimate of drug-likeness (QED) is 0.565. The predicted octanol–water partition coefficient (Wildman–Crippen LogP) is 6.13. The molecule has 0 spiro atoms. The highest BCUT2D eigenvalue weighted by Gasteiger charge is 2.45. The molecular weight excluding hydrogens is 240 g/mol. The molecule has 0 amide bonds. The van der Waals surface area contributed by atoms with Crippen molar-refractivity contribution in [3.05, 3.63) is 45.1 Å². The van der Waals surface area contributed by atoms with Crippen LogP contribution in [0.15, 0.2) is 45.1 Å². The topological polar surface area (TPSA) is 0 Å². The van der Waals surface area contributed by atoms with Crippen molar-refractivity contribution >= 4 is 0 Å². The Labute approximate surface area is 124 Å². The minimum absolute atomic E-state index is 0.167. The Morgan fingerprint density at radius 2 is 1.70 bits per heavy atom. The van der Waals surface area contributed by atoms with Gasteiger partial charge < -0.3 is 0 Å². The van der Waals surface area contributed by atoms with Crippen LogP contribution in [-0.2, 0) is 0 Å². The van der Waals surface area contributed by atoms with Gasteiger partial charge in [0.15, 0.2) is 0 Å². The molecule has 0 aromatic heterocycles. The molecule has 0 unspecified atom stereocenters. The Balaban J connectivity index is 2.12. The second-order valence-corrected chi connectivity index (χ2v) is 8.17. The maximum atomic E-state index is 2.47. The third-order valence-electron chi connectivity index (χ3n) is 6.02. The lowest BCUT2D eigenvalue weighted by Crippen LogP contribution is -2.24. The van der Waals surface area contributed by atoms with E-state index in [1.54, 1.807) is 33.4 Å². The lowest BCUT2D eigenvalue weighted by atomic mass is 9.67. The summed E-state index contributed by atoms with van der Waals surface area (Å²) in [4.78, 5) is 0. The molecule has 1 fully saturated rings. The molecule has 0 aromatic rings. The average Bonchev–Trinajstić information content (AvgIpc) is 2.92. The van der Waals surface area contributed by atoms with Crippen molar-refractivity contribution in [3.8, 4) is 0 Å². The van der Waals surface area contributed by atoms with E-state index in [2.05, 4.69) is 54.5 Å². The second kappa shape index (κ2) is 4.00. The molecular formula is C20H28. The molecule has 0 nitrogen and oxygen atoms in total. The van der Waals surface area contributed by atoms with Crippen molar-refractivity contribution in [1.82, 2.24) is 0 Å². The molecule has 0 aliphatic heterocycles. The van der Waals surface area contributed by atoms with E-state index >= 15 is 0 Å². The summed E-state index contributed by atoms with van der Waals surface area (Å²) < 4.78 is 0. The van der Waals surface area contributed by atoms with Crippen LogP contribution in [-0.4, -0.2) is 0 Å². The van der Waals surface area contributed by atoms with Crippen molar-refractivity contribution < 1.29 is 0 Å². The summed E-state index contributed by atoms with van der Waals surface area (Å²) in [6.45, 7) is 16.7. The average molecular weight is 268 g/mol. The fraction of sp³-hybridized carbons (Fsp3) is 0.600. The van der Waals surface area contributed by atoms with E-state index in [1.165, 1.54) is 18.4 Å². The molecule has 0 heteroatoms. The minimum Gasteiger partial charge on any atom is -0.0761 e. The van der Waals surface area contributed by atoms with E-state index in [-0.39, 0.29) is 5.41 Å². The van der Waals surface area contributed by atoms with Crippen LogP contribution < -0.4 is 0 Å². The van der Waals surface area contributed by atoms with Gasteiger partial charge in [-0.05, 0) is 67.7 Å². The molecule has 2 bridgehead atoms. The van der Waals surface area contributed by atoms with Crippen LogP contribution in [0.3, 0.4) is 0 Å². The second-order valence-electron chi connectivity index (χ2n) is 8.17. The Kier molecular flexibility index (Phi) is 2.78. The zero-order valence-corrected chi connectivity index (χ0v) is 14.2. The highest BCUT2D eigenvalue weighted by atomic mass is 14.5. The van der Waals surface area contributed by atoms with E-state index in [1.807, 2.05) is 0 Å². The maximum absolute atomic E-state index is 2.47. The zero-order chi connectivity index (χ0) is 14.9. The van der Waals surface area contributed by atoms with Gasteiger partial charge in [0.1, 0.15) is 0 Å². The van der Waals surface area contributed by atoms with E-state index in [0.29, 0.717) is 5.41 Å². The standard InChI is InChI=1S/C20H28/c1-12-8-9-16(13(12)2)20(6,7)18-14(3)15-10-17(18)19(4,5)11-15/h9H,8,10-11H2,1-7H3. The smallest absolute Gasteiger partial charge is 0.0148 e. The number of rotatable bonds is 2. The van der Waals surface area contributed by atoms with E-state index < -0.39 is 0 Å². The normalized spacial score (nSPS) is 25.2. The monoisotopic (exact) mass is 268 g/mol. The van der Waals surface area contributed by atoms with E-state index in [0.717, 1.165) is 6.42 Å². The third-order valence-corrected chi connectivity index (χ3v) is 6.02. The number of hydrogen-bond acceptors (Lipinski definition) is 0. The summed E-state index contributed by atoms with van der Waals surface area (Å²) in [5.41, 5.74) is 11.9. The van der Waals surface area contributed by atoms with Gasteiger partial charge in [0, 0.05) is 5.41 Å². The number of hydrogen-bond donors (Lipinski definition) is 0. The summed E-state index contributed by atoms with van der Waals surface area (Å²) in [5.74, 6) is 0. The Bertz CT molecular complexity index is 612. The Morgan fingerprint density at radius 3 is 2.20 bits per heavy atom. The Hall–Kier alpha value is -1.04. The Morgan fingerprint density at radius 1 is 1.05 bits per heavy atom. The first-order chi connectivity index (χ1) is 9.16. The highest BCUT2D eigenvalue weighted by Crippen LogP contribution is 2.60. The molecule has 3 aliphatic carbocycles. The molecule has 0 radical (unpaired) electrons. The van der Waals surface area contributed by atoms with Crippen molar-refractivity contribution in [2.45, 2.75) is 67.7 Å². The molecule has 0 atom stereocenters. The van der Waals surface area contributed by atoms with Gasteiger partial charge in [-0.2, -0.15) is 0 Å². The first-order valence-electron chi connectivity index (χ1n) is 7.96. The van der Waals surface area contributed by atoms with Crippen LogP contribution in [0, 0.1) is 10.8 Å². The number of fused-ring (bicyclic) bond motifs is 2. The zero-order valence-electron chi connectivity index (χ0n) is 14.2. The van der Waals surface area contributed by atoms with Gasteiger partial charge in [0.25, 0.3) is 0 Å². The minimum atomic E-state index is 0.167. The first-order valence-corrected chi connectivity index (χ1v) is 7.96. The molecule has 0 heterocycles. The van der Waals surface area contributed by atoms with Gasteiger partial charge in [-0.3, -0.25) is 0 Å². The lowest BCUT2D eigenvalue weighted by molar-refractivity contribution is 0.442. The van der Waals surface area contributed by atoms with Crippen LogP contribution in [0.2, 0.25) is 0 Å². The van der Waals surface area contributed by atoms with Gasteiger partial charge in [-0.15, -0.1) is 0 Å². The van der Waals surface area contributed by atoms with Crippen molar-refractivity contribution in [3.63, 3.8) is 0 Å². The summed E-state index contributed by atoms with van der Waals surface area (Å²) in [5, 5.41) is 0. The summed E-state index contributed by atoms with van der Waals surface area (Å²) in [7, 11) is 0. The highest BCUT2D eigenvalue weighted by molar-refractivity contribution is 5.61. The predicted molar refractivity (Wildman–Crippen MR) is 87.6 cm³/mol. The fourth-order valence-electron chi connectivity index (χ4n) is 4.75. The number of allylic oxidation sites excluding steroid dienone is 8. The maximum Gasteiger partial charge on any atom is 0.0148 e. The molecule has 0 N–H and O–H groups in total. The third kappa shape index (κ3) is 1.66. The SMILES string of the molecule is CC1=C(C)C(C(C)(C)C2=C3CC(=C2C)CC3(C)C)=CC1. The summed E-state index contributed by atoms with van der Waals surface area (Å²) >= 11 is 0. The summed E-state index contributed by atoms with van der Waals surface area (Å²) in [6, 6.07) is 0. The van der Waals surface area contributed by atoms with Gasteiger partial charge in [0.2, 0.25) is 0 Å². The summed E-state index contributed by atoms with van der Waals surface area (Å²) in [6.07, 6.45) is 6.13. The lowest BCUT2D eigenvalue weighted by Gasteiger charge is -2.37. The van der Waals surface area contributed by atoms with Gasteiger partial charge in [-0.25, -0.2) is 0 Å². The van der Waals surface area contributed by atoms with Crippen molar-refractivity contribution in [2.75, 3.05) is 0 Å². The first kappa shape index (κ1) is 13.9. The molecule has 1 saturated carbocycles. The van der Waals surface area contributed by atoms with Crippen LogP contribution in [0.25, 0.3) is 0 Å². The van der Waals surface area contributed by atoms with Crippen LogP contribution in [0.4, 0.5) is 0 Å². The fourth-order valence-corrected chi connectivity index (χ4v) is 4.75. The molecule has 3 rings (SSSR count). The van der Waals surface area contributed by atoms with E-state index in [4.69, 9.17) is 0 Å². The largest absolute Gasteiger partial charge is 0.0761 e. The van der Waals surface area contributed by atoms with Crippen LogP contribution >= 0.6 is 0 Å². The molecule has 20 heavy (non-hydrogen) atoms. The molecule has 3 aliphatic rings. The molecule has 0 aromatic carbocycles. The van der Waals surface area contributed by atoms with Gasteiger partial charge >= 0.3 is 0 Å². The molecule has 108 valence electrons.